The summed E-state index contributed by atoms with van der Waals surface area (Å²) in [5.74, 6) is 0. The second-order valence-corrected chi connectivity index (χ2v) is 6.97. The Balaban J connectivity index is 1.46. The van der Waals surface area contributed by atoms with E-state index in [1.54, 1.807) is 12.1 Å². The number of benzene rings is 2. The van der Waals surface area contributed by atoms with Gasteiger partial charge in [-0.15, -0.1) is 0 Å². The van der Waals surface area contributed by atoms with Gasteiger partial charge in [0.05, 0.1) is 43.5 Å². The Kier molecular flexibility index (Phi) is 4.80. The summed E-state index contributed by atoms with van der Waals surface area (Å²) in [6.07, 6.45) is -3.00. The van der Waals surface area contributed by atoms with E-state index in [9.17, 15) is 18.0 Å². The Morgan fingerprint density at radius 1 is 1.04 bits per heavy atom. The molecule has 0 saturated carbocycles. The molecule has 1 aliphatic rings. The molecule has 28 heavy (non-hydrogen) atoms. The Morgan fingerprint density at radius 3 is 2.54 bits per heavy atom. The first-order chi connectivity index (χ1) is 13.4. The molecule has 0 atom stereocenters. The molecule has 0 radical (unpaired) electrons. The van der Waals surface area contributed by atoms with Crippen LogP contribution in [0.1, 0.15) is 5.56 Å². The zero-order valence-corrected chi connectivity index (χ0v) is 15.1. The predicted molar refractivity (Wildman–Crippen MR) is 100 cm³/mol. The maximum atomic E-state index is 12.9. The van der Waals surface area contributed by atoms with E-state index in [1.807, 2.05) is 27.8 Å². The monoisotopic (exact) mass is 389 g/mol. The number of halogens is 3. The van der Waals surface area contributed by atoms with Gasteiger partial charge in [-0.2, -0.15) is 18.3 Å². The van der Waals surface area contributed by atoms with Gasteiger partial charge in [-0.1, -0.05) is 18.2 Å². The third-order valence-electron chi connectivity index (χ3n) is 5.14. The minimum Gasteiger partial charge on any atom is -0.360 e. The first-order valence-corrected chi connectivity index (χ1v) is 9.12. The Hall–Kier alpha value is -2.87. The standard InChI is InChI=1S/C20H19F3N4O/c21-20(22,23)15-4-3-5-16(12-15)26-10-8-25(9-11-26)14-27-18-7-2-1-6-17(18)19(28)13-24-27/h1-7,12-13H,8-11,14H2/p+1. The summed E-state index contributed by atoms with van der Waals surface area (Å²) in [5, 5.41) is 4.90. The normalized spacial score (nSPS) is 15.9. The maximum absolute atomic E-state index is 12.9. The van der Waals surface area contributed by atoms with Crippen LogP contribution < -0.4 is 15.2 Å². The summed E-state index contributed by atoms with van der Waals surface area (Å²) in [7, 11) is 0. The van der Waals surface area contributed by atoms with Crippen molar-refractivity contribution in [3.05, 3.63) is 70.5 Å². The fourth-order valence-corrected chi connectivity index (χ4v) is 3.62. The van der Waals surface area contributed by atoms with Crippen LogP contribution in [0.5, 0.6) is 0 Å². The molecule has 0 amide bonds. The van der Waals surface area contributed by atoms with Gasteiger partial charge < -0.3 is 9.80 Å². The molecule has 2 aromatic carbocycles. The number of piperazine rings is 1. The molecule has 0 aliphatic carbocycles. The first-order valence-electron chi connectivity index (χ1n) is 9.12. The van der Waals surface area contributed by atoms with Crippen molar-refractivity contribution in [2.45, 2.75) is 12.8 Å². The quantitative estimate of drug-likeness (QED) is 0.743. The molecule has 0 spiro atoms. The molecular weight excluding hydrogens is 369 g/mol. The van der Waals surface area contributed by atoms with E-state index >= 15 is 0 Å². The molecule has 1 saturated heterocycles. The topological polar surface area (TPSA) is 42.6 Å². The average molecular weight is 389 g/mol. The summed E-state index contributed by atoms with van der Waals surface area (Å²) >= 11 is 0. The van der Waals surface area contributed by atoms with Crippen molar-refractivity contribution >= 4 is 16.6 Å². The number of aromatic nitrogens is 2. The highest BCUT2D eigenvalue weighted by atomic mass is 19.4. The molecule has 1 fully saturated rings. The molecular formula is C20H20F3N4O+. The molecule has 4 rings (SSSR count). The van der Waals surface area contributed by atoms with Crippen LogP contribution in [0.3, 0.4) is 0 Å². The number of hydrogen-bond acceptors (Lipinski definition) is 3. The first kappa shape index (κ1) is 18.5. The fraction of sp³-hybridized carbons (Fsp3) is 0.300. The van der Waals surface area contributed by atoms with E-state index in [0.29, 0.717) is 30.8 Å². The number of alkyl halides is 3. The smallest absolute Gasteiger partial charge is 0.360 e. The molecule has 1 aliphatic heterocycles. The minimum atomic E-state index is -4.33. The zero-order chi connectivity index (χ0) is 19.7. The van der Waals surface area contributed by atoms with E-state index in [2.05, 4.69) is 5.10 Å². The number of anilines is 1. The zero-order valence-electron chi connectivity index (χ0n) is 15.1. The van der Waals surface area contributed by atoms with Crippen LogP contribution in [-0.4, -0.2) is 36.0 Å². The molecule has 0 unspecified atom stereocenters. The van der Waals surface area contributed by atoms with Crippen molar-refractivity contribution in [3.8, 4) is 0 Å². The highest BCUT2D eigenvalue weighted by Gasteiger charge is 2.31. The summed E-state index contributed by atoms with van der Waals surface area (Å²) in [5.41, 5.74) is 0.670. The van der Waals surface area contributed by atoms with E-state index in [-0.39, 0.29) is 5.43 Å². The van der Waals surface area contributed by atoms with Gasteiger partial charge in [0.1, 0.15) is 0 Å². The van der Waals surface area contributed by atoms with Crippen LogP contribution in [0.2, 0.25) is 0 Å². The van der Waals surface area contributed by atoms with Crippen LogP contribution in [0, 0.1) is 0 Å². The summed E-state index contributed by atoms with van der Waals surface area (Å²) in [4.78, 5) is 15.2. The molecule has 5 nitrogen and oxygen atoms in total. The second-order valence-electron chi connectivity index (χ2n) is 6.97. The molecule has 8 heteroatoms. The summed E-state index contributed by atoms with van der Waals surface area (Å²) in [6, 6.07) is 12.8. The summed E-state index contributed by atoms with van der Waals surface area (Å²) in [6.45, 7) is 3.48. The highest BCUT2D eigenvalue weighted by Crippen LogP contribution is 2.31. The van der Waals surface area contributed by atoms with E-state index in [0.717, 1.165) is 24.7 Å². The van der Waals surface area contributed by atoms with Crippen molar-refractivity contribution in [1.82, 2.24) is 9.78 Å². The fourth-order valence-electron chi connectivity index (χ4n) is 3.62. The number of nitrogens with one attached hydrogen (secondary N) is 1. The van der Waals surface area contributed by atoms with Gasteiger partial charge in [0.25, 0.3) is 0 Å². The number of nitrogens with zero attached hydrogens (tertiary/aromatic N) is 3. The van der Waals surface area contributed by atoms with Gasteiger partial charge in [0, 0.05) is 11.1 Å². The van der Waals surface area contributed by atoms with Crippen LogP contribution >= 0.6 is 0 Å². The Bertz CT molecular complexity index is 1040. The number of rotatable bonds is 3. The second kappa shape index (κ2) is 7.27. The lowest BCUT2D eigenvalue weighted by atomic mass is 10.1. The van der Waals surface area contributed by atoms with E-state index in [1.165, 1.54) is 23.2 Å². The maximum Gasteiger partial charge on any atom is 0.416 e. The average Bonchev–Trinajstić information content (AvgIpc) is 2.70. The van der Waals surface area contributed by atoms with Gasteiger partial charge in [-0.05, 0) is 30.3 Å². The van der Waals surface area contributed by atoms with Crippen molar-refractivity contribution in [1.29, 1.82) is 0 Å². The van der Waals surface area contributed by atoms with Crippen molar-refractivity contribution in [2.24, 2.45) is 0 Å². The van der Waals surface area contributed by atoms with Gasteiger partial charge in [0.2, 0.25) is 5.43 Å². The predicted octanol–water partition coefficient (Wildman–Crippen LogP) is 1.78. The minimum absolute atomic E-state index is 0.101. The number of fused-ring (bicyclic) bond motifs is 1. The van der Waals surface area contributed by atoms with Gasteiger partial charge in [0.15, 0.2) is 6.67 Å². The van der Waals surface area contributed by atoms with Gasteiger partial charge >= 0.3 is 6.18 Å². The lowest BCUT2D eigenvalue weighted by molar-refractivity contribution is -0.923. The number of hydrogen-bond donors (Lipinski definition) is 1. The van der Waals surface area contributed by atoms with Crippen molar-refractivity contribution < 1.29 is 18.1 Å². The van der Waals surface area contributed by atoms with E-state index in [4.69, 9.17) is 0 Å². The van der Waals surface area contributed by atoms with Gasteiger partial charge in [-0.25, -0.2) is 4.68 Å². The van der Waals surface area contributed by atoms with E-state index < -0.39 is 11.7 Å². The molecule has 3 aromatic rings. The lowest BCUT2D eigenvalue weighted by Crippen LogP contribution is -3.14. The molecule has 0 bridgehead atoms. The van der Waals surface area contributed by atoms with Crippen molar-refractivity contribution in [2.75, 3.05) is 31.1 Å². The van der Waals surface area contributed by atoms with Crippen molar-refractivity contribution in [3.63, 3.8) is 0 Å². The van der Waals surface area contributed by atoms with Crippen LogP contribution in [-0.2, 0) is 12.8 Å². The highest BCUT2D eigenvalue weighted by molar-refractivity contribution is 5.77. The van der Waals surface area contributed by atoms with Crippen LogP contribution in [0.25, 0.3) is 10.9 Å². The Morgan fingerprint density at radius 2 is 1.79 bits per heavy atom. The van der Waals surface area contributed by atoms with Gasteiger partial charge in [-0.3, -0.25) is 4.79 Å². The third kappa shape index (κ3) is 3.73. The van der Waals surface area contributed by atoms with Crippen LogP contribution in [0.4, 0.5) is 18.9 Å². The van der Waals surface area contributed by atoms with Crippen LogP contribution in [0.15, 0.2) is 59.5 Å². The number of para-hydroxylation sites is 1. The molecule has 146 valence electrons. The lowest BCUT2D eigenvalue weighted by Gasteiger charge is -2.34. The molecule has 2 heterocycles. The third-order valence-corrected chi connectivity index (χ3v) is 5.14. The largest absolute Gasteiger partial charge is 0.416 e. The SMILES string of the molecule is O=c1cnn(C[NH+]2CCN(c3cccc(C(F)(F)F)c3)CC2)c2ccccc12. The molecule has 1 aromatic heterocycles. The Labute approximate surface area is 159 Å². The molecule has 1 N–H and O–H groups in total. The summed E-state index contributed by atoms with van der Waals surface area (Å²) < 4.78 is 40.6. The number of quaternary nitrogens is 1.